The Kier molecular flexibility index (Phi) is 3.01. The van der Waals surface area contributed by atoms with Crippen molar-refractivity contribution in [3.8, 4) is 11.8 Å². The van der Waals surface area contributed by atoms with Crippen LogP contribution in [0.5, 0.6) is 0 Å². The Morgan fingerprint density at radius 3 is 3.06 bits per heavy atom. The molecule has 0 radical (unpaired) electrons. The molecule has 84 valence electrons. The van der Waals surface area contributed by atoms with Gasteiger partial charge in [0.05, 0.1) is 17.5 Å². The Bertz CT molecular complexity index is 641. The Hall–Kier alpha value is -2.41. The number of carbonyl (C=O) groups excluding carboxylic acids is 1. The molecule has 3 nitrogen and oxygen atoms in total. The summed E-state index contributed by atoms with van der Waals surface area (Å²) in [5.74, 6) is 4.13. The first kappa shape index (κ1) is 11.1. The molecule has 0 aliphatic carbocycles. The summed E-state index contributed by atoms with van der Waals surface area (Å²) >= 11 is 0. The molecule has 2 rings (SSSR count). The van der Waals surface area contributed by atoms with Gasteiger partial charge in [-0.2, -0.15) is 0 Å². The van der Waals surface area contributed by atoms with Crippen molar-refractivity contribution in [2.24, 2.45) is 5.73 Å². The topological polar surface area (TPSA) is 56.0 Å². The van der Waals surface area contributed by atoms with Crippen LogP contribution in [0.4, 0.5) is 4.39 Å². The number of primary amides is 1. The molecule has 0 aliphatic rings. The van der Waals surface area contributed by atoms with Crippen LogP contribution in [0.1, 0.15) is 12.0 Å². The number of hydrogen-bond acceptors (Lipinski definition) is 2. The minimum absolute atomic E-state index is 0.0789. The van der Waals surface area contributed by atoms with Crippen molar-refractivity contribution in [1.29, 1.82) is 0 Å². The van der Waals surface area contributed by atoms with Gasteiger partial charge in [0.1, 0.15) is 5.82 Å². The first-order valence-electron chi connectivity index (χ1n) is 4.98. The molecule has 2 N–H and O–H groups in total. The number of fused-ring (bicyclic) bond motifs is 1. The lowest BCUT2D eigenvalue weighted by Crippen LogP contribution is -2.08. The fraction of sp³-hybridized carbons (Fsp3) is 0.0769. The Labute approximate surface area is 97.5 Å². The van der Waals surface area contributed by atoms with E-state index >= 15 is 0 Å². The molecule has 1 aromatic heterocycles. The van der Waals surface area contributed by atoms with Crippen molar-refractivity contribution in [2.75, 3.05) is 0 Å². The molecule has 0 saturated carbocycles. The monoisotopic (exact) mass is 228 g/mol. The number of benzene rings is 1. The molecular formula is C13H9FN2O. The van der Waals surface area contributed by atoms with Gasteiger partial charge in [-0.15, -0.1) is 0 Å². The predicted octanol–water partition coefficient (Wildman–Crippen LogP) is 1.60. The van der Waals surface area contributed by atoms with Crippen LogP contribution in [0.25, 0.3) is 10.9 Å². The number of pyridine rings is 1. The SMILES string of the molecule is NC(=O)CC#Cc1cc2cccnc2cc1F. The zero-order chi connectivity index (χ0) is 12.3. The average molecular weight is 228 g/mol. The number of hydrogen-bond donors (Lipinski definition) is 1. The van der Waals surface area contributed by atoms with Crippen LogP contribution in [0, 0.1) is 17.7 Å². The van der Waals surface area contributed by atoms with E-state index in [-0.39, 0.29) is 12.0 Å². The second kappa shape index (κ2) is 4.62. The van der Waals surface area contributed by atoms with Crippen molar-refractivity contribution in [1.82, 2.24) is 4.98 Å². The highest BCUT2D eigenvalue weighted by Gasteiger charge is 2.02. The molecule has 2 aromatic rings. The maximum Gasteiger partial charge on any atom is 0.229 e. The van der Waals surface area contributed by atoms with Gasteiger partial charge in [0.25, 0.3) is 0 Å². The lowest BCUT2D eigenvalue weighted by Gasteiger charge is -1.98. The lowest BCUT2D eigenvalue weighted by atomic mass is 10.1. The second-order valence-electron chi connectivity index (χ2n) is 3.47. The van der Waals surface area contributed by atoms with Crippen LogP contribution in [0.15, 0.2) is 30.5 Å². The third-order valence-electron chi connectivity index (χ3n) is 2.18. The average Bonchev–Trinajstić information content (AvgIpc) is 2.29. The summed E-state index contributed by atoms with van der Waals surface area (Å²) in [5.41, 5.74) is 5.76. The summed E-state index contributed by atoms with van der Waals surface area (Å²) in [6.07, 6.45) is 1.52. The molecule has 0 bridgehead atoms. The van der Waals surface area contributed by atoms with Crippen LogP contribution >= 0.6 is 0 Å². The standard InChI is InChI=1S/C13H9FN2O/c14-11-8-12-10(4-2-6-16-12)7-9(11)3-1-5-13(15)17/h2,4,6-8H,5H2,(H2,15,17). The maximum absolute atomic E-state index is 13.6. The van der Waals surface area contributed by atoms with Crippen molar-refractivity contribution in [2.45, 2.75) is 6.42 Å². The third-order valence-corrected chi connectivity index (χ3v) is 2.18. The van der Waals surface area contributed by atoms with Gasteiger partial charge in [-0.25, -0.2) is 4.39 Å². The van der Waals surface area contributed by atoms with E-state index in [4.69, 9.17) is 5.73 Å². The number of aromatic nitrogens is 1. The molecule has 0 fully saturated rings. The van der Waals surface area contributed by atoms with Gasteiger partial charge in [-0.1, -0.05) is 17.9 Å². The van der Waals surface area contributed by atoms with E-state index in [1.807, 2.05) is 6.07 Å². The number of halogens is 1. The Balaban J connectivity index is 2.43. The highest BCUT2D eigenvalue weighted by molar-refractivity contribution is 5.80. The molecular weight excluding hydrogens is 219 g/mol. The minimum atomic E-state index is -0.527. The zero-order valence-corrected chi connectivity index (χ0v) is 8.90. The maximum atomic E-state index is 13.6. The fourth-order valence-corrected chi connectivity index (χ4v) is 1.42. The van der Waals surface area contributed by atoms with Crippen LogP contribution in [0.2, 0.25) is 0 Å². The first-order valence-corrected chi connectivity index (χ1v) is 4.98. The van der Waals surface area contributed by atoms with Crippen molar-refractivity contribution in [3.63, 3.8) is 0 Å². The van der Waals surface area contributed by atoms with Gasteiger partial charge >= 0.3 is 0 Å². The van der Waals surface area contributed by atoms with Gasteiger partial charge in [0, 0.05) is 17.6 Å². The van der Waals surface area contributed by atoms with E-state index in [9.17, 15) is 9.18 Å². The van der Waals surface area contributed by atoms with Crippen molar-refractivity contribution < 1.29 is 9.18 Å². The minimum Gasteiger partial charge on any atom is -0.369 e. The van der Waals surface area contributed by atoms with E-state index in [0.717, 1.165) is 5.39 Å². The highest BCUT2D eigenvalue weighted by Crippen LogP contribution is 2.16. The molecule has 0 atom stereocenters. The number of nitrogens with two attached hydrogens (primary N) is 1. The molecule has 17 heavy (non-hydrogen) atoms. The van der Waals surface area contributed by atoms with E-state index in [1.54, 1.807) is 18.3 Å². The summed E-state index contributed by atoms with van der Waals surface area (Å²) in [6, 6.07) is 6.51. The zero-order valence-electron chi connectivity index (χ0n) is 8.90. The largest absolute Gasteiger partial charge is 0.369 e. The van der Waals surface area contributed by atoms with E-state index in [1.165, 1.54) is 6.07 Å². The highest BCUT2D eigenvalue weighted by atomic mass is 19.1. The van der Waals surface area contributed by atoms with Gasteiger partial charge in [0.2, 0.25) is 5.91 Å². The number of carbonyl (C=O) groups is 1. The number of nitrogens with zero attached hydrogens (tertiary/aromatic N) is 1. The van der Waals surface area contributed by atoms with Crippen LogP contribution in [-0.4, -0.2) is 10.9 Å². The summed E-state index contributed by atoms with van der Waals surface area (Å²) in [5, 5.41) is 0.803. The predicted molar refractivity (Wildman–Crippen MR) is 62.4 cm³/mol. The van der Waals surface area contributed by atoms with E-state index in [2.05, 4.69) is 16.8 Å². The molecule has 0 spiro atoms. The van der Waals surface area contributed by atoms with E-state index < -0.39 is 11.7 Å². The Morgan fingerprint density at radius 2 is 2.29 bits per heavy atom. The van der Waals surface area contributed by atoms with Crippen LogP contribution in [0.3, 0.4) is 0 Å². The molecule has 4 heteroatoms. The molecule has 0 unspecified atom stereocenters. The van der Waals surface area contributed by atoms with Crippen molar-refractivity contribution in [3.05, 3.63) is 41.8 Å². The summed E-state index contributed by atoms with van der Waals surface area (Å²) < 4.78 is 13.6. The van der Waals surface area contributed by atoms with Gasteiger partial charge in [-0.3, -0.25) is 9.78 Å². The van der Waals surface area contributed by atoms with Crippen molar-refractivity contribution >= 4 is 16.8 Å². The normalized spacial score (nSPS) is 9.71. The summed E-state index contributed by atoms with van der Waals surface area (Å²) in [7, 11) is 0. The fourth-order valence-electron chi connectivity index (χ4n) is 1.42. The van der Waals surface area contributed by atoms with Crippen LogP contribution in [-0.2, 0) is 4.79 Å². The molecule has 1 heterocycles. The molecule has 1 aromatic carbocycles. The third kappa shape index (κ3) is 2.58. The summed E-state index contributed by atoms with van der Waals surface area (Å²) in [4.78, 5) is 14.5. The smallest absolute Gasteiger partial charge is 0.229 e. The number of rotatable bonds is 1. The molecule has 0 aliphatic heterocycles. The van der Waals surface area contributed by atoms with E-state index in [0.29, 0.717) is 5.52 Å². The first-order chi connectivity index (χ1) is 8.16. The summed E-state index contributed by atoms with van der Waals surface area (Å²) in [6.45, 7) is 0. The van der Waals surface area contributed by atoms with Crippen LogP contribution < -0.4 is 5.73 Å². The van der Waals surface area contributed by atoms with Gasteiger partial charge in [0.15, 0.2) is 0 Å². The lowest BCUT2D eigenvalue weighted by molar-refractivity contribution is -0.117. The number of amides is 1. The second-order valence-corrected chi connectivity index (χ2v) is 3.47. The quantitative estimate of drug-likeness (QED) is 0.754. The van der Waals surface area contributed by atoms with Gasteiger partial charge in [-0.05, 0) is 12.1 Å². The van der Waals surface area contributed by atoms with Gasteiger partial charge < -0.3 is 5.73 Å². The molecule has 0 saturated heterocycles. The molecule has 1 amide bonds. The Morgan fingerprint density at radius 1 is 1.47 bits per heavy atom.